The largest absolute Gasteiger partial charge is 0 e. The summed E-state index contributed by atoms with van der Waals surface area (Å²) in [5.41, 5.74) is 18.8. The van der Waals surface area contributed by atoms with E-state index in [1.165, 1.54) is 98.1 Å². The maximum Gasteiger partial charge on any atom is 0 e. The van der Waals surface area contributed by atoms with E-state index >= 15 is 0 Å². The fourth-order valence-electron chi connectivity index (χ4n) is 9.49. The molecule has 8 heterocycles. The second-order valence-corrected chi connectivity index (χ2v) is 26.8. The molecule has 632 valence electrons. The van der Waals surface area contributed by atoms with Crippen molar-refractivity contribution >= 4 is 204 Å². The molecule has 121 heavy (non-hydrogen) atoms. The molecule has 21 N–H and O–H groups in total. The summed E-state index contributed by atoms with van der Waals surface area (Å²) in [5, 5.41) is 65.6. The fraction of sp³-hybridized carbons (Fsp3) is 0.0588. The van der Waals surface area contributed by atoms with Crippen LogP contribution in [0.3, 0.4) is 0 Å². The van der Waals surface area contributed by atoms with Gasteiger partial charge in [-0.05, 0) is 146 Å². The van der Waals surface area contributed by atoms with Crippen molar-refractivity contribution in [2.75, 3.05) is 65.5 Å². The fourth-order valence-corrected chi connectivity index (χ4v) is 9.49. The minimum Gasteiger partial charge on any atom is 0 e. The Kier molecular flexibility index (Phi) is 40.1. The molecule has 0 aliphatic rings. The number of benzene rings is 4. The standard InChI is InChI=1S/2C17H11F3N6O4.2C17H15F3N6.2B.3ClH.Fe.H3N.H2O.Sn/c2*18-17(19,20)10-7-11(23-15-13(25(27)28)3-1-5-21-15)9-12(8-10)24-16-14(26(29)30)4-2-6-22-16;2*18-17(19,20)10-7-11(25-15-13(21)3-1-5-23-15)9-12(8-10)26-16-14(22)4-2-6-24-16;;;;;;;;;/h2*1-9H,(H,21,23)(H,22,24);2*1-9H,21-22H2,(H,23,25)(H,24,26);;;3*1H;;1H3;1H2;/q;;;;;;;;;;;;+2/p-2. The predicted octanol–water partition coefficient (Wildman–Crippen LogP) is 17.9. The average Bonchev–Trinajstić information content (AvgIpc) is 0.813. The molecule has 0 amide bonds. The van der Waals surface area contributed by atoms with Gasteiger partial charge in [0.05, 0.1) is 64.7 Å². The van der Waals surface area contributed by atoms with E-state index in [4.69, 9.17) is 40.8 Å². The molecule has 4 aromatic carbocycles. The van der Waals surface area contributed by atoms with Crippen LogP contribution < -0.4 is 71.6 Å². The summed E-state index contributed by atoms with van der Waals surface area (Å²) in [7, 11) is 9.87. The summed E-state index contributed by atoms with van der Waals surface area (Å²) in [5.74, 6) is -0.0307. The Morgan fingerprint density at radius 3 is 0.562 bits per heavy atom. The Labute approximate surface area is 712 Å². The van der Waals surface area contributed by atoms with Crippen molar-refractivity contribution in [1.29, 1.82) is 0 Å². The van der Waals surface area contributed by atoms with Crippen LogP contribution in [-0.4, -0.2) is 101 Å². The van der Waals surface area contributed by atoms with Crippen molar-refractivity contribution in [3.05, 3.63) is 282 Å². The first-order chi connectivity index (χ1) is 54.4. The van der Waals surface area contributed by atoms with E-state index in [2.05, 4.69) is 82.4 Å². The molecule has 0 bridgehead atoms. The number of rotatable bonds is 20. The third kappa shape index (κ3) is 30.8. The Morgan fingerprint density at radius 1 is 0.298 bits per heavy atom. The molecule has 0 aliphatic heterocycles. The molecule has 0 unspecified atom stereocenters. The molecule has 12 aromatic rings. The number of aromatic nitrogens is 8. The number of nitrogens with two attached hydrogens (primary N) is 4. The Morgan fingerprint density at radius 2 is 0.430 bits per heavy atom. The van der Waals surface area contributed by atoms with Crippen LogP contribution in [0.4, 0.5) is 190 Å². The third-order valence-electron chi connectivity index (χ3n) is 14.4. The topological polar surface area (TPSA) is 542 Å². The van der Waals surface area contributed by atoms with Crippen LogP contribution in [0, 0.1) is 40.5 Å². The Bertz CT molecular complexity index is 4880. The number of halogens is 15. The van der Waals surface area contributed by atoms with Gasteiger partial charge in [0, 0.05) is 153 Å². The van der Waals surface area contributed by atoms with Gasteiger partial charge >= 0.3 is 84.2 Å². The van der Waals surface area contributed by atoms with E-state index < -0.39 is 108 Å². The number of hydrogen-bond donors (Lipinski definition) is 13. The molecular weight excluding hydrogens is 1840 g/mol. The maximum atomic E-state index is 13.3. The zero-order valence-corrected chi connectivity index (χ0v) is 66.9. The first kappa shape index (κ1) is 104. The number of nitro groups is 4. The summed E-state index contributed by atoms with van der Waals surface area (Å²) < 4.78 is 160. The quantitative estimate of drug-likeness (QED) is 0.0146. The molecule has 0 atom stereocenters. The summed E-state index contributed by atoms with van der Waals surface area (Å²) in [4.78, 5) is 72.7. The van der Waals surface area contributed by atoms with Gasteiger partial charge in [-0.1, -0.05) is 0 Å². The first-order valence-corrected chi connectivity index (χ1v) is 38.8. The molecule has 53 heteroatoms. The van der Waals surface area contributed by atoms with Crippen LogP contribution in [0.15, 0.2) is 219 Å². The summed E-state index contributed by atoms with van der Waals surface area (Å²) in [6, 6.07) is 34.8. The van der Waals surface area contributed by atoms with E-state index in [1.807, 2.05) is 0 Å². The van der Waals surface area contributed by atoms with Gasteiger partial charge in [0.1, 0.15) is 0 Å². The molecule has 12 rings (SSSR count). The van der Waals surface area contributed by atoms with Gasteiger partial charge in [-0.2, -0.15) is 52.7 Å². The van der Waals surface area contributed by atoms with E-state index in [9.17, 15) is 93.1 Å². The first-order valence-electron chi connectivity index (χ1n) is 31.6. The molecule has 0 saturated heterocycles. The van der Waals surface area contributed by atoms with Gasteiger partial charge in [0.25, 0.3) is 0 Å². The second-order valence-electron chi connectivity index (χ2n) is 22.5. The number of nitrogens with zero attached hydrogens (tertiary/aromatic N) is 12. The van der Waals surface area contributed by atoms with Gasteiger partial charge in [0.15, 0.2) is 23.3 Å². The molecule has 0 spiro atoms. The maximum absolute atomic E-state index is 13.3. The summed E-state index contributed by atoms with van der Waals surface area (Å²) in [6.45, 7) is 0. The van der Waals surface area contributed by atoms with E-state index in [0.29, 0.717) is 22.7 Å². The number of hydrogen-bond acceptors (Lipinski definition) is 29. The minimum atomic E-state index is -4.75. The van der Waals surface area contributed by atoms with Crippen LogP contribution in [0.25, 0.3) is 0 Å². The molecule has 8 aromatic heterocycles. The number of pyridine rings is 8. The molecule has 8 radical (unpaired) electrons. The zero-order chi connectivity index (χ0) is 84.0. The SMILES string of the molecule is Cl.N.Nc1cccnc1Nc1cc(Nc2ncccc2N)cc(C(F)(F)F)c1.Nc1cccnc1Nc1cc(Nc2ncccc2N)cc(C(F)(F)F)c1.O.O=[N+]([O-])c1cccnc1Nc1cc(Nc2ncccc2[N+](=O)[O-])cc(C(F)(F)F)c1.O=[N+]([O-])c1cccnc1Nc1cc(Nc2ncccc2[N+](=O)[O-])cc(C(F)(F)F)c1.[B].[B].[Cl][Sn][Cl].[Fe]. The van der Waals surface area contributed by atoms with E-state index in [-0.39, 0.29) is 150 Å². The average molecular weight is 1900 g/mol. The normalized spacial score (nSPS) is 10.4. The zero-order valence-electron chi connectivity index (χ0n) is 60.6. The monoisotopic (exact) mass is 1900 g/mol. The molecule has 0 fully saturated rings. The van der Waals surface area contributed by atoms with Crippen molar-refractivity contribution in [3.63, 3.8) is 0 Å². The molecule has 0 saturated carbocycles. The van der Waals surface area contributed by atoms with Crippen LogP contribution in [0.1, 0.15) is 22.3 Å². The third-order valence-corrected chi connectivity index (χ3v) is 14.4. The van der Waals surface area contributed by atoms with Gasteiger partial charge in [0.2, 0.25) is 23.3 Å². The van der Waals surface area contributed by atoms with Crippen LogP contribution in [0.2, 0.25) is 0 Å². The van der Waals surface area contributed by atoms with Crippen molar-refractivity contribution in [2.24, 2.45) is 0 Å². The smallest absolute Gasteiger partial charge is 0 e. The molecule has 0 aliphatic carbocycles. The molecule has 34 nitrogen and oxygen atoms in total. The Hall–Kier alpha value is -13.3. The number of anilines is 20. The van der Waals surface area contributed by atoms with Crippen molar-refractivity contribution < 1.29 is 94.9 Å². The van der Waals surface area contributed by atoms with E-state index in [1.54, 1.807) is 48.5 Å². The number of nitrogens with one attached hydrogen (secondary N) is 8. The van der Waals surface area contributed by atoms with Gasteiger partial charge in [-0.25, -0.2) is 39.9 Å². The Balaban J connectivity index is 0.000000533. The van der Waals surface area contributed by atoms with Gasteiger partial charge in [-0.3, -0.25) is 40.5 Å². The van der Waals surface area contributed by atoms with E-state index in [0.717, 1.165) is 72.8 Å². The minimum absolute atomic E-state index is 0. The number of alkyl halides is 12. The number of nitrogen functional groups attached to an aromatic ring is 4. The van der Waals surface area contributed by atoms with Crippen LogP contribution in [0.5, 0.6) is 0 Å². The van der Waals surface area contributed by atoms with Gasteiger partial charge in [-0.15, -0.1) is 12.4 Å². The second kappa shape index (κ2) is 46.7. The van der Waals surface area contributed by atoms with Gasteiger partial charge < -0.3 is 77.1 Å². The van der Waals surface area contributed by atoms with Crippen molar-refractivity contribution in [1.82, 2.24) is 46.0 Å². The van der Waals surface area contributed by atoms with Crippen LogP contribution in [-0.2, 0) is 41.8 Å². The van der Waals surface area contributed by atoms with Crippen LogP contribution >= 0.6 is 30.2 Å². The van der Waals surface area contributed by atoms with Crippen molar-refractivity contribution in [3.8, 4) is 0 Å². The predicted molar refractivity (Wildman–Crippen MR) is 435 cm³/mol. The summed E-state index contributed by atoms with van der Waals surface area (Å²) >= 11 is -0.826. The van der Waals surface area contributed by atoms with Crippen molar-refractivity contribution in [2.45, 2.75) is 24.7 Å². The molecular formula is C68H58B2Cl3F12FeN25O9Sn. The summed E-state index contributed by atoms with van der Waals surface area (Å²) in [6.07, 6.45) is -7.67.